The van der Waals surface area contributed by atoms with Crippen LogP contribution >= 0.6 is 15.2 Å². The Morgan fingerprint density at radius 2 is 1.32 bits per heavy atom. The summed E-state index contributed by atoms with van der Waals surface area (Å²) in [5, 5.41) is 1.38. The second-order valence-corrected chi connectivity index (χ2v) is 8.94. The van der Waals surface area contributed by atoms with E-state index < -0.39 is 26.8 Å². The van der Waals surface area contributed by atoms with E-state index in [-0.39, 0.29) is 32.8 Å². The Bertz CT molecular complexity index is 414. The molecule has 1 heterocycles. The van der Waals surface area contributed by atoms with Gasteiger partial charge in [-0.05, 0) is 27.7 Å². The SMILES string of the molecule is CCOP(=O)(OCC)[C@H]1C[C@H](P(=O)(OCC)OCC)N(C)O1. The Kier molecular flexibility index (Phi) is 8.20. The van der Waals surface area contributed by atoms with Gasteiger partial charge in [0, 0.05) is 13.5 Å². The number of rotatable bonds is 10. The lowest BCUT2D eigenvalue weighted by molar-refractivity contribution is -0.119. The van der Waals surface area contributed by atoms with Gasteiger partial charge in [-0.3, -0.25) is 14.0 Å². The van der Waals surface area contributed by atoms with Crippen molar-refractivity contribution in [3.8, 4) is 0 Å². The van der Waals surface area contributed by atoms with Gasteiger partial charge >= 0.3 is 15.2 Å². The van der Waals surface area contributed by atoms with Crippen LogP contribution < -0.4 is 0 Å². The fraction of sp³-hybridized carbons (Fsp3) is 1.00. The molecule has 1 aliphatic heterocycles. The highest BCUT2D eigenvalue weighted by molar-refractivity contribution is 7.55. The highest BCUT2D eigenvalue weighted by Gasteiger charge is 2.52. The third-order valence-electron chi connectivity index (χ3n) is 3.07. The molecule has 1 saturated heterocycles. The van der Waals surface area contributed by atoms with Crippen LogP contribution in [0.5, 0.6) is 0 Å². The fourth-order valence-electron chi connectivity index (χ4n) is 2.28. The van der Waals surface area contributed by atoms with Crippen molar-refractivity contribution in [1.82, 2.24) is 5.06 Å². The molecule has 1 rings (SSSR count). The van der Waals surface area contributed by atoms with Crippen LogP contribution in [-0.4, -0.2) is 50.2 Å². The fourth-order valence-corrected chi connectivity index (χ4v) is 6.34. The van der Waals surface area contributed by atoms with Gasteiger partial charge in [0.05, 0.1) is 26.4 Å². The van der Waals surface area contributed by atoms with Crippen molar-refractivity contribution in [2.24, 2.45) is 0 Å². The summed E-state index contributed by atoms with van der Waals surface area (Å²) in [6, 6.07) is 0. The maximum atomic E-state index is 12.9. The van der Waals surface area contributed by atoms with Crippen molar-refractivity contribution in [2.45, 2.75) is 45.7 Å². The summed E-state index contributed by atoms with van der Waals surface area (Å²) in [5.41, 5.74) is 0. The Hall–Kier alpha value is 0.220. The van der Waals surface area contributed by atoms with Gasteiger partial charge in [0.25, 0.3) is 0 Å². The zero-order valence-electron chi connectivity index (χ0n) is 13.9. The Morgan fingerprint density at radius 1 is 0.909 bits per heavy atom. The minimum atomic E-state index is -3.45. The molecule has 0 amide bonds. The molecule has 0 aliphatic carbocycles. The van der Waals surface area contributed by atoms with Crippen LogP contribution in [0.25, 0.3) is 0 Å². The quantitative estimate of drug-likeness (QED) is 0.549. The molecular formula is C12H27NO7P2. The van der Waals surface area contributed by atoms with Crippen LogP contribution in [0.15, 0.2) is 0 Å². The van der Waals surface area contributed by atoms with Crippen molar-refractivity contribution >= 4 is 15.2 Å². The molecule has 132 valence electrons. The first-order chi connectivity index (χ1) is 10.4. The smallest absolute Gasteiger partial charge is 0.308 e. The van der Waals surface area contributed by atoms with Crippen molar-refractivity contribution in [3.63, 3.8) is 0 Å². The lowest BCUT2D eigenvalue weighted by atomic mass is 10.5. The third-order valence-corrected chi connectivity index (χ3v) is 7.82. The summed E-state index contributed by atoms with van der Waals surface area (Å²) >= 11 is 0. The summed E-state index contributed by atoms with van der Waals surface area (Å²) in [7, 11) is -5.24. The third kappa shape index (κ3) is 4.62. The molecule has 0 N–H and O–H groups in total. The first-order valence-corrected chi connectivity index (χ1v) is 10.8. The van der Waals surface area contributed by atoms with E-state index in [9.17, 15) is 9.13 Å². The summed E-state index contributed by atoms with van der Waals surface area (Å²) in [6.07, 6.45) is 0.186. The highest BCUT2D eigenvalue weighted by Crippen LogP contribution is 2.64. The van der Waals surface area contributed by atoms with Gasteiger partial charge in [-0.2, -0.15) is 5.06 Å². The molecule has 1 fully saturated rings. The van der Waals surface area contributed by atoms with E-state index in [1.807, 2.05) is 0 Å². The molecule has 0 aromatic carbocycles. The molecule has 0 aromatic heterocycles. The summed E-state index contributed by atoms with van der Waals surface area (Å²) < 4.78 is 46.9. The molecule has 1 aliphatic rings. The van der Waals surface area contributed by atoms with Gasteiger partial charge in [0.1, 0.15) is 5.78 Å². The van der Waals surface area contributed by atoms with Gasteiger partial charge in [-0.15, -0.1) is 0 Å². The summed E-state index contributed by atoms with van der Waals surface area (Å²) in [6.45, 7) is 7.91. The molecule has 8 nitrogen and oxygen atoms in total. The van der Waals surface area contributed by atoms with E-state index in [2.05, 4.69) is 0 Å². The lowest BCUT2D eigenvalue weighted by Gasteiger charge is -2.25. The minimum absolute atomic E-state index is 0.186. The van der Waals surface area contributed by atoms with Gasteiger partial charge in [-0.25, -0.2) is 0 Å². The average molecular weight is 359 g/mol. The predicted molar refractivity (Wildman–Crippen MR) is 82.8 cm³/mol. The van der Waals surface area contributed by atoms with E-state index >= 15 is 0 Å². The number of hydrogen-bond donors (Lipinski definition) is 0. The standard InChI is InChI=1S/C12H27NO7P2/c1-6-16-21(14,17-7-2)11-10-12(20-13(11)5)22(15,18-8-3)19-9-4/h11-12H,6-10H2,1-5H3/t11-,12-/m0/s1. The lowest BCUT2D eigenvalue weighted by Crippen LogP contribution is -2.25. The number of nitrogens with zero attached hydrogens (tertiary/aromatic N) is 1. The topological polar surface area (TPSA) is 83.5 Å². The first-order valence-electron chi connectivity index (χ1n) is 7.54. The normalized spacial score (nSPS) is 24.0. The molecule has 10 heteroatoms. The maximum absolute atomic E-state index is 12.9. The van der Waals surface area contributed by atoms with Crippen LogP contribution in [-0.2, 0) is 32.1 Å². The molecular weight excluding hydrogens is 332 g/mol. The molecule has 0 radical (unpaired) electrons. The second-order valence-electron chi connectivity index (χ2n) is 4.57. The van der Waals surface area contributed by atoms with Gasteiger partial charge in [0.2, 0.25) is 0 Å². The first kappa shape index (κ1) is 20.3. The molecule has 2 atom stereocenters. The van der Waals surface area contributed by atoms with E-state index in [0.717, 1.165) is 0 Å². The zero-order chi connectivity index (χ0) is 16.8. The molecule has 0 aromatic rings. The Morgan fingerprint density at radius 3 is 1.73 bits per heavy atom. The van der Waals surface area contributed by atoms with Crippen molar-refractivity contribution in [1.29, 1.82) is 0 Å². The largest absolute Gasteiger partial charge is 0.361 e. The number of hydroxylamine groups is 2. The molecule has 0 saturated carbocycles. The van der Waals surface area contributed by atoms with E-state index in [4.69, 9.17) is 22.9 Å². The zero-order valence-corrected chi connectivity index (χ0v) is 15.7. The van der Waals surface area contributed by atoms with E-state index in [1.54, 1.807) is 34.7 Å². The van der Waals surface area contributed by atoms with Crippen molar-refractivity contribution in [2.75, 3.05) is 33.5 Å². The average Bonchev–Trinajstić information content (AvgIpc) is 2.83. The Labute approximate surface area is 132 Å². The molecule has 0 bridgehead atoms. The van der Waals surface area contributed by atoms with Gasteiger partial charge in [-0.1, -0.05) is 0 Å². The van der Waals surface area contributed by atoms with Crippen LogP contribution in [0.2, 0.25) is 0 Å². The number of hydrogen-bond acceptors (Lipinski definition) is 8. The second kappa shape index (κ2) is 8.90. The van der Waals surface area contributed by atoms with E-state index in [0.29, 0.717) is 0 Å². The van der Waals surface area contributed by atoms with Crippen LogP contribution in [0, 0.1) is 0 Å². The highest BCUT2D eigenvalue weighted by atomic mass is 31.2. The van der Waals surface area contributed by atoms with E-state index in [1.165, 1.54) is 5.06 Å². The van der Waals surface area contributed by atoms with Crippen LogP contribution in [0.3, 0.4) is 0 Å². The van der Waals surface area contributed by atoms with Gasteiger partial charge in [0.15, 0.2) is 5.85 Å². The minimum Gasteiger partial charge on any atom is -0.308 e. The van der Waals surface area contributed by atoms with Crippen molar-refractivity contribution < 1.29 is 32.1 Å². The maximum Gasteiger partial charge on any atom is 0.361 e. The molecule has 22 heavy (non-hydrogen) atoms. The summed E-state index contributed by atoms with van der Waals surface area (Å²) in [5.74, 6) is -1.47. The van der Waals surface area contributed by atoms with Gasteiger partial charge < -0.3 is 18.1 Å². The van der Waals surface area contributed by atoms with Crippen molar-refractivity contribution in [3.05, 3.63) is 0 Å². The summed E-state index contributed by atoms with van der Waals surface area (Å²) in [4.78, 5) is 5.57. The molecule has 0 unspecified atom stereocenters. The van der Waals surface area contributed by atoms with Crippen LogP contribution in [0.4, 0.5) is 0 Å². The predicted octanol–water partition coefficient (Wildman–Crippen LogP) is 3.44. The monoisotopic (exact) mass is 359 g/mol. The molecule has 0 spiro atoms. The van der Waals surface area contributed by atoms with Crippen LogP contribution in [0.1, 0.15) is 34.1 Å². The Balaban J connectivity index is 2.95.